The summed E-state index contributed by atoms with van der Waals surface area (Å²) in [5, 5.41) is 4.49. The molecular weight excluding hydrogens is 248 g/mol. The normalized spacial score (nSPS) is 12.6. The molecule has 0 amide bonds. The zero-order chi connectivity index (χ0) is 14.4. The lowest BCUT2D eigenvalue weighted by molar-refractivity contribution is 0.455. The van der Waals surface area contributed by atoms with Crippen molar-refractivity contribution >= 4 is 0 Å². The molecule has 1 atom stereocenters. The topological polar surface area (TPSA) is 55.9 Å². The molecule has 2 aromatic rings. The van der Waals surface area contributed by atoms with Gasteiger partial charge in [-0.3, -0.25) is 16.0 Å². The maximum Gasteiger partial charge on any atom is 0.0629 e. The summed E-state index contributed by atoms with van der Waals surface area (Å²) < 4.78 is 2.03. The fourth-order valence-electron chi connectivity index (χ4n) is 2.57. The van der Waals surface area contributed by atoms with E-state index < -0.39 is 0 Å². The third kappa shape index (κ3) is 3.68. The van der Waals surface area contributed by atoms with E-state index >= 15 is 0 Å². The summed E-state index contributed by atoms with van der Waals surface area (Å²) in [4.78, 5) is 0. The van der Waals surface area contributed by atoms with Crippen molar-refractivity contribution in [1.29, 1.82) is 0 Å². The van der Waals surface area contributed by atoms with Crippen LogP contribution in [0.1, 0.15) is 42.8 Å². The molecule has 0 spiro atoms. The van der Waals surface area contributed by atoms with E-state index in [0.717, 1.165) is 31.5 Å². The Hall–Kier alpha value is -1.65. The van der Waals surface area contributed by atoms with E-state index in [4.69, 9.17) is 5.84 Å². The quantitative estimate of drug-likeness (QED) is 0.602. The first-order valence-corrected chi connectivity index (χ1v) is 7.29. The molecule has 0 saturated heterocycles. The highest BCUT2D eigenvalue weighted by molar-refractivity contribution is 5.16. The van der Waals surface area contributed by atoms with Gasteiger partial charge in [0.05, 0.1) is 17.4 Å². The number of benzene rings is 1. The Morgan fingerprint density at radius 2 is 2.05 bits per heavy atom. The maximum atomic E-state index is 5.73. The van der Waals surface area contributed by atoms with Crippen molar-refractivity contribution < 1.29 is 0 Å². The van der Waals surface area contributed by atoms with Gasteiger partial charge in [0.2, 0.25) is 0 Å². The molecule has 3 N–H and O–H groups in total. The molecule has 1 heterocycles. The molecule has 0 aliphatic rings. The van der Waals surface area contributed by atoms with Crippen molar-refractivity contribution in [1.82, 2.24) is 15.2 Å². The van der Waals surface area contributed by atoms with Crippen LogP contribution in [0.3, 0.4) is 0 Å². The average Bonchev–Trinajstić information content (AvgIpc) is 2.85. The van der Waals surface area contributed by atoms with Crippen LogP contribution in [0.2, 0.25) is 0 Å². The van der Waals surface area contributed by atoms with Crippen LogP contribution >= 0.6 is 0 Å². The van der Waals surface area contributed by atoms with Gasteiger partial charge in [-0.25, -0.2) is 0 Å². The predicted molar refractivity (Wildman–Crippen MR) is 82.1 cm³/mol. The van der Waals surface area contributed by atoms with E-state index in [1.807, 2.05) is 11.6 Å². The highest BCUT2D eigenvalue weighted by Crippen LogP contribution is 2.20. The smallest absolute Gasteiger partial charge is 0.0629 e. The zero-order valence-corrected chi connectivity index (χ0v) is 12.3. The lowest BCUT2D eigenvalue weighted by Gasteiger charge is -2.17. The summed E-state index contributed by atoms with van der Waals surface area (Å²) in [6, 6.07) is 12.9. The minimum atomic E-state index is 0.167. The number of hydrogen-bond donors (Lipinski definition) is 2. The first kappa shape index (κ1) is 14.8. The SMILES string of the molecule is CCn1nc(C)cc1C(CCCc1ccccc1)NN. The number of hydrazine groups is 1. The van der Waals surface area contributed by atoms with Crippen LogP contribution in [-0.2, 0) is 13.0 Å². The summed E-state index contributed by atoms with van der Waals surface area (Å²) in [7, 11) is 0. The molecule has 1 unspecified atom stereocenters. The average molecular weight is 272 g/mol. The van der Waals surface area contributed by atoms with E-state index in [9.17, 15) is 0 Å². The first-order valence-electron chi connectivity index (χ1n) is 7.29. The molecule has 4 nitrogen and oxygen atoms in total. The summed E-state index contributed by atoms with van der Waals surface area (Å²) >= 11 is 0. The van der Waals surface area contributed by atoms with Crippen LogP contribution in [0, 0.1) is 6.92 Å². The minimum absolute atomic E-state index is 0.167. The lowest BCUT2D eigenvalue weighted by atomic mass is 10.0. The van der Waals surface area contributed by atoms with Gasteiger partial charge in [0, 0.05) is 6.54 Å². The van der Waals surface area contributed by atoms with Gasteiger partial charge in [-0.2, -0.15) is 5.10 Å². The van der Waals surface area contributed by atoms with E-state index in [0.29, 0.717) is 0 Å². The van der Waals surface area contributed by atoms with Gasteiger partial charge in [-0.05, 0) is 44.7 Å². The van der Waals surface area contributed by atoms with E-state index in [2.05, 4.69) is 53.8 Å². The molecule has 0 aliphatic heterocycles. The van der Waals surface area contributed by atoms with E-state index in [1.54, 1.807) is 0 Å². The molecule has 20 heavy (non-hydrogen) atoms. The molecule has 0 saturated carbocycles. The molecule has 2 rings (SSSR count). The number of rotatable bonds is 7. The van der Waals surface area contributed by atoms with Crippen molar-refractivity contribution in [3.8, 4) is 0 Å². The van der Waals surface area contributed by atoms with Crippen molar-refractivity contribution in [2.75, 3.05) is 0 Å². The third-order valence-electron chi connectivity index (χ3n) is 3.59. The van der Waals surface area contributed by atoms with Crippen LogP contribution in [0.5, 0.6) is 0 Å². The Labute approximate surface area is 121 Å². The number of hydrogen-bond acceptors (Lipinski definition) is 3. The van der Waals surface area contributed by atoms with Crippen molar-refractivity contribution in [2.45, 2.75) is 45.7 Å². The Bertz CT molecular complexity index is 519. The molecule has 0 fully saturated rings. The van der Waals surface area contributed by atoms with Crippen molar-refractivity contribution in [2.24, 2.45) is 5.84 Å². The summed E-state index contributed by atoms with van der Waals surface area (Å²) in [5.74, 6) is 5.73. The molecule has 0 bridgehead atoms. The van der Waals surface area contributed by atoms with Gasteiger partial charge in [-0.1, -0.05) is 30.3 Å². The second kappa shape index (κ2) is 7.22. The minimum Gasteiger partial charge on any atom is -0.271 e. The van der Waals surface area contributed by atoms with Crippen LogP contribution in [0.15, 0.2) is 36.4 Å². The van der Waals surface area contributed by atoms with Crippen LogP contribution in [0.4, 0.5) is 0 Å². The number of nitrogens with one attached hydrogen (secondary N) is 1. The largest absolute Gasteiger partial charge is 0.271 e. The third-order valence-corrected chi connectivity index (χ3v) is 3.59. The Kier molecular flexibility index (Phi) is 5.32. The van der Waals surface area contributed by atoms with Gasteiger partial charge in [0.1, 0.15) is 0 Å². The number of nitrogens with zero attached hydrogens (tertiary/aromatic N) is 2. The fourth-order valence-corrected chi connectivity index (χ4v) is 2.57. The zero-order valence-electron chi connectivity index (χ0n) is 12.3. The molecular formula is C16H24N4. The molecule has 0 aliphatic carbocycles. The standard InChI is InChI=1S/C16H24N4/c1-3-20-16(12-13(2)19-20)15(18-17)11-7-10-14-8-5-4-6-9-14/h4-6,8-9,12,15,18H,3,7,10-11,17H2,1-2H3. The van der Waals surface area contributed by atoms with E-state index in [-0.39, 0.29) is 6.04 Å². The highest BCUT2D eigenvalue weighted by Gasteiger charge is 2.15. The van der Waals surface area contributed by atoms with Gasteiger partial charge in [-0.15, -0.1) is 0 Å². The predicted octanol–water partition coefficient (Wildman–Crippen LogP) is 2.74. The first-order chi connectivity index (χ1) is 9.74. The molecule has 4 heteroatoms. The van der Waals surface area contributed by atoms with Crippen LogP contribution < -0.4 is 11.3 Å². The second-order valence-electron chi connectivity index (χ2n) is 5.12. The molecule has 108 valence electrons. The molecule has 0 radical (unpaired) electrons. The number of nitrogens with two attached hydrogens (primary N) is 1. The van der Waals surface area contributed by atoms with Gasteiger partial charge < -0.3 is 0 Å². The van der Waals surface area contributed by atoms with Crippen molar-refractivity contribution in [3.05, 3.63) is 53.3 Å². The van der Waals surface area contributed by atoms with E-state index in [1.165, 1.54) is 11.3 Å². The van der Waals surface area contributed by atoms with Crippen LogP contribution in [-0.4, -0.2) is 9.78 Å². The summed E-state index contributed by atoms with van der Waals surface area (Å²) in [5.41, 5.74) is 6.54. The summed E-state index contributed by atoms with van der Waals surface area (Å²) in [6.07, 6.45) is 3.20. The van der Waals surface area contributed by atoms with Crippen molar-refractivity contribution in [3.63, 3.8) is 0 Å². The monoisotopic (exact) mass is 272 g/mol. The maximum absolute atomic E-state index is 5.73. The molecule has 1 aromatic heterocycles. The Balaban J connectivity index is 1.95. The lowest BCUT2D eigenvalue weighted by Crippen LogP contribution is -2.30. The van der Waals surface area contributed by atoms with Gasteiger partial charge in [0.25, 0.3) is 0 Å². The second-order valence-corrected chi connectivity index (χ2v) is 5.12. The fraction of sp³-hybridized carbons (Fsp3) is 0.438. The Morgan fingerprint density at radius 3 is 2.70 bits per heavy atom. The Morgan fingerprint density at radius 1 is 1.30 bits per heavy atom. The molecule has 1 aromatic carbocycles. The van der Waals surface area contributed by atoms with Crippen LogP contribution in [0.25, 0.3) is 0 Å². The van der Waals surface area contributed by atoms with Gasteiger partial charge >= 0.3 is 0 Å². The number of aromatic nitrogens is 2. The summed E-state index contributed by atoms with van der Waals surface area (Å²) in [6.45, 7) is 5.00. The number of aryl methyl sites for hydroxylation is 3. The highest BCUT2D eigenvalue weighted by atomic mass is 15.3. The van der Waals surface area contributed by atoms with Gasteiger partial charge in [0.15, 0.2) is 0 Å².